The van der Waals surface area contributed by atoms with E-state index in [1.165, 1.54) is 31.4 Å². The first kappa shape index (κ1) is 46.4. The number of carboxylic acid groups (broad SMARTS) is 1. The van der Waals surface area contributed by atoms with Crippen LogP contribution in [0.1, 0.15) is 32.6 Å². The summed E-state index contributed by atoms with van der Waals surface area (Å²) in [5.41, 5.74) is 9.52. The molecule has 3 rings (SSSR count). The van der Waals surface area contributed by atoms with Crippen molar-refractivity contribution < 1.29 is 72.1 Å². The number of methoxy groups -OCH3 is 2. The summed E-state index contributed by atoms with van der Waals surface area (Å²) in [5, 5.41) is 8.32. The zero-order valence-corrected chi connectivity index (χ0v) is 28.2. The molecule has 3 aliphatic rings. The van der Waals surface area contributed by atoms with E-state index in [2.05, 4.69) is 37.0 Å². The van der Waals surface area contributed by atoms with Crippen LogP contribution in [0.15, 0.2) is 41.0 Å². The molecule has 0 atom stereocenters. The van der Waals surface area contributed by atoms with Gasteiger partial charge in [0.2, 0.25) is 0 Å². The quantitative estimate of drug-likeness (QED) is 0.124. The summed E-state index contributed by atoms with van der Waals surface area (Å²) in [5.74, 6) is -4.28. The molecule has 0 saturated heterocycles. The number of nitrogens with zero attached hydrogens (tertiary/aromatic N) is 4. The number of hydrogen-bond donors (Lipinski definition) is 3. The van der Waals surface area contributed by atoms with Gasteiger partial charge in [0, 0.05) is 75.5 Å². The third kappa shape index (κ3) is 20.5. The minimum Gasteiger partial charge on any atom is -0.481 e. The number of carbonyl (C=O) groups excluding carboxylic acids is 9. The Labute approximate surface area is 290 Å². The van der Waals surface area contributed by atoms with Crippen molar-refractivity contribution in [1.82, 2.24) is 14.7 Å². The molecule has 21 nitrogen and oxygen atoms in total. The molecule has 0 radical (unpaired) electrons. The van der Waals surface area contributed by atoms with E-state index in [9.17, 15) is 47.9 Å². The molecule has 0 spiro atoms. The van der Waals surface area contributed by atoms with Gasteiger partial charge < -0.3 is 35.6 Å². The fourth-order valence-corrected chi connectivity index (χ4v) is 3.14. The first-order chi connectivity index (χ1) is 23.6. The number of rotatable bonds is 12. The number of carboxylic acids is 1. The van der Waals surface area contributed by atoms with E-state index < -0.39 is 35.9 Å². The maximum absolute atomic E-state index is 11.1. The molecule has 0 aliphatic carbocycles. The predicted octanol–water partition coefficient (Wildman–Crippen LogP) is -0.973. The van der Waals surface area contributed by atoms with E-state index in [4.69, 9.17) is 15.6 Å². The van der Waals surface area contributed by atoms with E-state index >= 15 is 0 Å². The number of primary amides is 1. The fourth-order valence-electron chi connectivity index (χ4n) is 3.06. The number of amides is 8. The molecule has 0 unspecified atom stereocenters. The molecule has 0 saturated carbocycles. The standard InChI is InChI=1S/C8H8N2O4S.C8H9NO4.C6H5NO4.C4H11NO.C2H5NO2/c11-6-3-4-7(12)10(6)5-1-2-8(13)14-9-15;10-6-3-4-7(11)9(6)5-1-2-8(12)13;1-11-6(10)7-4(8)2-3-5(7)9;1-2-6-4-3-5;1-5-2(3)4/h3-4H,1-2,5H2;3-4H,1-2,5H2,(H,12,13);2-3H,1H3;2-5H2,1H3;1H3,(H2,3,4). The van der Waals surface area contributed by atoms with Crippen molar-refractivity contribution >= 4 is 72.0 Å². The highest BCUT2D eigenvalue weighted by Gasteiger charge is 2.30. The summed E-state index contributed by atoms with van der Waals surface area (Å²) < 4.78 is 15.7. The molecule has 0 aromatic rings. The number of aliphatic carboxylic acids is 1. The summed E-state index contributed by atoms with van der Waals surface area (Å²) in [7, 11) is 2.32. The Balaban J connectivity index is 0. The lowest BCUT2D eigenvalue weighted by atomic mass is 10.3. The van der Waals surface area contributed by atoms with Gasteiger partial charge in [-0.05, 0) is 24.3 Å². The normalized spacial score (nSPS) is 13.6. The van der Waals surface area contributed by atoms with Crippen molar-refractivity contribution in [1.29, 1.82) is 0 Å². The van der Waals surface area contributed by atoms with Crippen LogP contribution in [0.25, 0.3) is 0 Å². The van der Waals surface area contributed by atoms with Crippen molar-refractivity contribution in [3.8, 4) is 0 Å². The minimum absolute atomic E-state index is 0.0307. The highest BCUT2D eigenvalue weighted by molar-refractivity contribution is 7.47. The van der Waals surface area contributed by atoms with Crippen molar-refractivity contribution in [2.24, 2.45) is 16.0 Å². The van der Waals surface area contributed by atoms with Gasteiger partial charge in [-0.15, -0.1) is 0 Å². The molecule has 5 N–H and O–H groups in total. The van der Waals surface area contributed by atoms with Crippen molar-refractivity contribution in [2.45, 2.75) is 32.6 Å². The van der Waals surface area contributed by atoms with Gasteiger partial charge in [-0.3, -0.25) is 43.4 Å². The second kappa shape index (κ2) is 27.2. The van der Waals surface area contributed by atoms with Crippen molar-refractivity contribution in [3.63, 3.8) is 0 Å². The summed E-state index contributed by atoms with van der Waals surface area (Å²) >= 11 is 4.08. The van der Waals surface area contributed by atoms with Gasteiger partial charge in [-0.2, -0.15) is 4.90 Å². The molecule has 50 heavy (non-hydrogen) atoms. The number of hydrogen-bond acceptors (Lipinski definition) is 17. The monoisotopic (exact) mass is 730 g/mol. The van der Waals surface area contributed by atoms with E-state index in [1.54, 1.807) is 0 Å². The van der Waals surface area contributed by atoms with Gasteiger partial charge in [0.25, 0.3) is 35.4 Å². The predicted molar refractivity (Wildman–Crippen MR) is 169 cm³/mol. The third-order valence-corrected chi connectivity index (χ3v) is 5.38. The van der Waals surface area contributed by atoms with Crippen LogP contribution >= 0.6 is 0 Å². The second-order valence-corrected chi connectivity index (χ2v) is 8.93. The summed E-state index contributed by atoms with van der Waals surface area (Å²) in [6.07, 6.45) is 5.75. The number of imide groups is 5. The summed E-state index contributed by atoms with van der Waals surface area (Å²) in [6.45, 7) is 4.42. The van der Waals surface area contributed by atoms with Crippen LogP contribution in [-0.2, 0) is 69.8 Å². The smallest absolute Gasteiger partial charge is 0.423 e. The van der Waals surface area contributed by atoms with Crippen LogP contribution in [0.2, 0.25) is 0 Å². The molecular weight excluding hydrogens is 692 g/mol. The van der Waals surface area contributed by atoms with Crippen LogP contribution in [0.5, 0.6) is 0 Å². The topological polar surface area (TPSA) is 302 Å². The van der Waals surface area contributed by atoms with E-state index in [1.807, 2.05) is 6.92 Å². The summed E-state index contributed by atoms with van der Waals surface area (Å²) in [4.78, 5) is 113. The maximum atomic E-state index is 11.1. The van der Waals surface area contributed by atoms with Crippen LogP contribution in [-0.4, -0.2) is 126 Å². The largest absolute Gasteiger partial charge is 0.481 e. The second-order valence-electron chi connectivity index (χ2n) is 8.79. The van der Waals surface area contributed by atoms with Crippen LogP contribution in [0, 0.1) is 0 Å². The highest BCUT2D eigenvalue weighted by atomic mass is 32.1. The van der Waals surface area contributed by atoms with Crippen molar-refractivity contribution in [2.75, 3.05) is 47.1 Å². The van der Waals surface area contributed by atoms with Gasteiger partial charge in [0.05, 0.1) is 33.3 Å². The average molecular weight is 731 g/mol. The van der Waals surface area contributed by atoms with Crippen molar-refractivity contribution in [3.05, 3.63) is 36.5 Å². The Morgan fingerprint density at radius 2 is 1.16 bits per heavy atom. The van der Waals surface area contributed by atoms with Gasteiger partial charge >= 0.3 is 24.1 Å². The average Bonchev–Trinajstić information content (AvgIpc) is 3.71. The molecule has 3 heterocycles. The van der Waals surface area contributed by atoms with Gasteiger partial charge in [-0.1, -0.05) is 0 Å². The minimum atomic E-state index is -0.954. The molecule has 0 fully saturated rings. The number of nitrogens with two attached hydrogens (primary N) is 2. The van der Waals surface area contributed by atoms with Crippen LogP contribution < -0.4 is 11.5 Å². The zero-order chi connectivity index (χ0) is 38.6. The molecule has 22 heteroatoms. The lowest BCUT2D eigenvalue weighted by molar-refractivity contribution is -0.144. The fraction of sp³-hybridized carbons (Fsp3) is 0.429. The number of carbonyl (C=O) groups is 10. The lowest BCUT2D eigenvalue weighted by Gasteiger charge is -2.12. The maximum Gasteiger partial charge on any atom is 0.423 e. The van der Waals surface area contributed by atoms with E-state index in [0.717, 1.165) is 35.7 Å². The Bertz CT molecular complexity index is 1290. The van der Waals surface area contributed by atoms with Crippen LogP contribution in [0.3, 0.4) is 0 Å². The Morgan fingerprint density at radius 1 is 0.760 bits per heavy atom. The number of ether oxygens (including phenoxy) is 3. The molecule has 0 aromatic carbocycles. The SMILES string of the molecule is CCOCCN.COC(=O)N1C(=O)C=CC1=O.COC(N)=O.O=C(CCCN1C(=O)C=CC1=O)ON=S.O=C(O)CCCN1C(=O)C=CC1=O. The Morgan fingerprint density at radius 3 is 1.46 bits per heavy atom. The van der Waals surface area contributed by atoms with Gasteiger partial charge in [0.15, 0.2) is 0 Å². The van der Waals surface area contributed by atoms with E-state index in [0.29, 0.717) is 30.9 Å². The lowest BCUT2D eigenvalue weighted by Crippen LogP contribution is -2.35. The Hall–Kier alpha value is -5.74. The zero-order valence-electron chi connectivity index (χ0n) is 27.3. The molecule has 3 aliphatic heterocycles. The molecule has 276 valence electrons. The molecular formula is C28H38N6O15S. The first-order valence-electron chi connectivity index (χ1n) is 14.2. The molecule has 0 bridgehead atoms. The first-order valence-corrected chi connectivity index (χ1v) is 14.5. The highest BCUT2D eigenvalue weighted by Crippen LogP contribution is 2.07. The van der Waals surface area contributed by atoms with Gasteiger partial charge in [-0.25, -0.2) is 14.4 Å². The summed E-state index contributed by atoms with van der Waals surface area (Å²) in [6, 6.07) is 0. The van der Waals surface area contributed by atoms with E-state index in [-0.39, 0.29) is 49.6 Å². The molecule has 0 aromatic heterocycles. The molecule has 8 amide bonds. The Kier molecular flexibility index (Phi) is 25.3. The van der Waals surface area contributed by atoms with Crippen LogP contribution in [0.4, 0.5) is 9.59 Å². The van der Waals surface area contributed by atoms with Gasteiger partial charge in [0.1, 0.15) is 0 Å². The third-order valence-electron chi connectivity index (χ3n) is 5.31.